The molecule has 0 aromatic heterocycles. The van der Waals surface area contributed by atoms with Crippen LogP contribution in [0.4, 0.5) is 13.2 Å². The molecule has 0 atom stereocenters. The average molecular weight is 377 g/mol. The summed E-state index contributed by atoms with van der Waals surface area (Å²) in [5, 5.41) is 0. The molecule has 3 rings (SSSR count). The van der Waals surface area contributed by atoms with Gasteiger partial charge in [-0.05, 0) is 48.0 Å². The van der Waals surface area contributed by atoms with Crippen LogP contribution < -0.4 is 9.47 Å². The summed E-state index contributed by atoms with van der Waals surface area (Å²) in [4.78, 5) is 16.1. The molecular weight excluding hydrogens is 363 g/mol. The van der Waals surface area contributed by atoms with Gasteiger partial charge in [-0.25, -0.2) is 9.79 Å². The van der Waals surface area contributed by atoms with Crippen molar-refractivity contribution in [1.82, 2.24) is 0 Å². The molecular formula is C19H14F3NO4. The van der Waals surface area contributed by atoms with Crippen LogP contribution in [-0.4, -0.2) is 26.1 Å². The summed E-state index contributed by atoms with van der Waals surface area (Å²) in [7, 11) is 2.99. The molecule has 0 amide bonds. The highest BCUT2D eigenvalue weighted by Gasteiger charge is 2.31. The summed E-state index contributed by atoms with van der Waals surface area (Å²) >= 11 is 0. The number of rotatable bonds is 4. The van der Waals surface area contributed by atoms with E-state index in [0.29, 0.717) is 17.1 Å². The molecule has 0 aliphatic carbocycles. The van der Waals surface area contributed by atoms with Crippen LogP contribution in [0.5, 0.6) is 11.5 Å². The summed E-state index contributed by atoms with van der Waals surface area (Å²) < 4.78 is 53.3. The highest BCUT2D eigenvalue weighted by Crippen LogP contribution is 2.30. The number of hydrogen-bond acceptors (Lipinski definition) is 5. The Balaban J connectivity index is 1.91. The van der Waals surface area contributed by atoms with E-state index in [9.17, 15) is 18.0 Å². The molecule has 2 aromatic carbocycles. The Morgan fingerprint density at radius 1 is 1.00 bits per heavy atom. The molecule has 0 bridgehead atoms. The molecule has 140 valence electrons. The molecule has 5 nitrogen and oxygen atoms in total. The first-order chi connectivity index (χ1) is 12.8. The molecule has 0 spiro atoms. The van der Waals surface area contributed by atoms with E-state index in [1.165, 1.54) is 32.4 Å². The molecule has 1 aliphatic rings. The SMILES string of the molecule is COc1cc(/C=C2/N=C(c3ccc(C(F)(F)F)cc3)OC2=O)cc(OC)c1. The Kier molecular flexibility index (Phi) is 4.89. The quantitative estimate of drug-likeness (QED) is 0.595. The number of benzene rings is 2. The Bertz CT molecular complexity index is 909. The van der Waals surface area contributed by atoms with E-state index < -0.39 is 17.7 Å². The smallest absolute Gasteiger partial charge is 0.416 e. The van der Waals surface area contributed by atoms with Crippen molar-refractivity contribution in [2.75, 3.05) is 14.2 Å². The number of cyclic esters (lactones) is 1. The summed E-state index contributed by atoms with van der Waals surface area (Å²) in [6.45, 7) is 0. The van der Waals surface area contributed by atoms with E-state index in [1.54, 1.807) is 18.2 Å². The van der Waals surface area contributed by atoms with Crippen LogP contribution in [0.2, 0.25) is 0 Å². The summed E-state index contributed by atoms with van der Waals surface area (Å²) in [6, 6.07) is 9.23. The van der Waals surface area contributed by atoms with E-state index in [1.807, 2.05) is 0 Å². The third-order valence-electron chi connectivity index (χ3n) is 3.76. The summed E-state index contributed by atoms with van der Waals surface area (Å²) in [6.07, 6.45) is -2.96. The number of esters is 1. The number of alkyl halides is 3. The van der Waals surface area contributed by atoms with E-state index in [-0.39, 0.29) is 17.2 Å². The monoisotopic (exact) mass is 377 g/mol. The number of halogens is 3. The molecule has 0 saturated heterocycles. The predicted molar refractivity (Wildman–Crippen MR) is 91.6 cm³/mol. The molecule has 0 fully saturated rings. The van der Waals surface area contributed by atoms with Gasteiger partial charge in [-0.3, -0.25) is 0 Å². The van der Waals surface area contributed by atoms with Gasteiger partial charge < -0.3 is 14.2 Å². The third kappa shape index (κ3) is 4.11. The highest BCUT2D eigenvalue weighted by atomic mass is 19.4. The van der Waals surface area contributed by atoms with Gasteiger partial charge in [0, 0.05) is 11.6 Å². The molecule has 0 saturated carbocycles. The zero-order chi connectivity index (χ0) is 19.6. The van der Waals surface area contributed by atoms with Crippen LogP contribution in [0, 0.1) is 0 Å². The third-order valence-corrected chi connectivity index (χ3v) is 3.76. The second-order valence-corrected chi connectivity index (χ2v) is 5.56. The van der Waals surface area contributed by atoms with Gasteiger partial charge in [0.25, 0.3) is 0 Å². The second kappa shape index (κ2) is 7.14. The molecule has 8 heteroatoms. The maximum atomic E-state index is 12.6. The van der Waals surface area contributed by atoms with Crippen LogP contribution in [0.1, 0.15) is 16.7 Å². The highest BCUT2D eigenvalue weighted by molar-refractivity contribution is 6.12. The van der Waals surface area contributed by atoms with E-state index in [0.717, 1.165) is 12.1 Å². The second-order valence-electron chi connectivity index (χ2n) is 5.56. The van der Waals surface area contributed by atoms with Crippen molar-refractivity contribution in [3.63, 3.8) is 0 Å². The van der Waals surface area contributed by atoms with Gasteiger partial charge in [0.05, 0.1) is 19.8 Å². The topological polar surface area (TPSA) is 57.1 Å². The minimum Gasteiger partial charge on any atom is -0.497 e. The van der Waals surface area contributed by atoms with Crippen LogP contribution in [0.3, 0.4) is 0 Å². The lowest BCUT2D eigenvalue weighted by Crippen LogP contribution is -2.08. The Hall–Kier alpha value is -3.29. The number of methoxy groups -OCH3 is 2. The summed E-state index contributed by atoms with van der Waals surface area (Å²) in [5.41, 5.74) is 0.0779. The first kappa shape index (κ1) is 18.5. The molecule has 0 radical (unpaired) electrons. The van der Waals surface area contributed by atoms with Gasteiger partial charge in [-0.15, -0.1) is 0 Å². The molecule has 0 N–H and O–H groups in total. The maximum absolute atomic E-state index is 12.6. The first-order valence-corrected chi connectivity index (χ1v) is 7.73. The van der Waals surface area contributed by atoms with Gasteiger partial charge in [-0.2, -0.15) is 13.2 Å². The van der Waals surface area contributed by atoms with Crippen molar-refractivity contribution < 1.29 is 32.2 Å². The number of aliphatic imine (C=N–C) groups is 1. The van der Waals surface area contributed by atoms with Crippen LogP contribution in [-0.2, 0) is 15.7 Å². The zero-order valence-electron chi connectivity index (χ0n) is 14.3. The van der Waals surface area contributed by atoms with E-state index >= 15 is 0 Å². The van der Waals surface area contributed by atoms with Crippen molar-refractivity contribution in [2.24, 2.45) is 4.99 Å². The molecule has 1 aliphatic heterocycles. The Morgan fingerprint density at radius 3 is 2.11 bits per heavy atom. The van der Waals surface area contributed by atoms with Crippen LogP contribution in [0.25, 0.3) is 6.08 Å². The van der Waals surface area contributed by atoms with Gasteiger partial charge in [0.15, 0.2) is 5.70 Å². The standard InChI is InChI=1S/C19H14F3NO4/c1-25-14-7-11(8-15(10-14)26-2)9-16-18(24)27-17(23-16)12-3-5-13(6-4-12)19(20,21)22/h3-10H,1-2H3/b16-9+. The summed E-state index contributed by atoms with van der Waals surface area (Å²) in [5.74, 6) is 0.292. The minimum absolute atomic E-state index is 0.0141. The van der Waals surface area contributed by atoms with Gasteiger partial charge in [0.1, 0.15) is 11.5 Å². The molecule has 0 unspecified atom stereocenters. The fourth-order valence-corrected chi connectivity index (χ4v) is 2.41. The Morgan fingerprint density at radius 2 is 1.59 bits per heavy atom. The average Bonchev–Trinajstić information content (AvgIpc) is 3.01. The van der Waals surface area contributed by atoms with Crippen molar-refractivity contribution in [3.05, 3.63) is 64.9 Å². The van der Waals surface area contributed by atoms with Gasteiger partial charge >= 0.3 is 12.1 Å². The van der Waals surface area contributed by atoms with Crippen molar-refractivity contribution in [3.8, 4) is 11.5 Å². The number of nitrogens with zero attached hydrogens (tertiary/aromatic N) is 1. The largest absolute Gasteiger partial charge is 0.497 e. The fraction of sp³-hybridized carbons (Fsp3) is 0.158. The van der Waals surface area contributed by atoms with Crippen molar-refractivity contribution in [2.45, 2.75) is 6.18 Å². The van der Waals surface area contributed by atoms with Gasteiger partial charge in [0.2, 0.25) is 5.90 Å². The normalized spacial score (nSPS) is 15.5. The lowest BCUT2D eigenvalue weighted by Gasteiger charge is -2.06. The van der Waals surface area contributed by atoms with Gasteiger partial charge in [-0.1, -0.05) is 0 Å². The molecule has 2 aromatic rings. The van der Waals surface area contributed by atoms with Crippen molar-refractivity contribution in [1.29, 1.82) is 0 Å². The fourth-order valence-electron chi connectivity index (χ4n) is 2.41. The number of carbonyl (C=O) groups excluding carboxylic acids is 1. The maximum Gasteiger partial charge on any atom is 0.416 e. The van der Waals surface area contributed by atoms with E-state index in [4.69, 9.17) is 14.2 Å². The number of hydrogen-bond donors (Lipinski definition) is 0. The van der Waals surface area contributed by atoms with Crippen LogP contribution in [0.15, 0.2) is 53.2 Å². The van der Waals surface area contributed by atoms with Crippen molar-refractivity contribution >= 4 is 17.9 Å². The first-order valence-electron chi connectivity index (χ1n) is 7.73. The lowest BCUT2D eigenvalue weighted by molar-refractivity contribution is -0.137. The number of ether oxygens (including phenoxy) is 3. The lowest BCUT2D eigenvalue weighted by atomic mass is 10.1. The number of carbonyl (C=O) groups is 1. The zero-order valence-corrected chi connectivity index (χ0v) is 14.3. The minimum atomic E-state index is -4.44. The molecule has 27 heavy (non-hydrogen) atoms. The van der Waals surface area contributed by atoms with Crippen LogP contribution >= 0.6 is 0 Å². The van der Waals surface area contributed by atoms with E-state index in [2.05, 4.69) is 4.99 Å². The molecule has 1 heterocycles. The predicted octanol–water partition coefficient (Wildman–Crippen LogP) is 4.07. The Labute approximate surface area is 152 Å².